The predicted molar refractivity (Wildman–Crippen MR) is 79.4 cm³/mol. The summed E-state index contributed by atoms with van der Waals surface area (Å²) in [6, 6.07) is 12.4. The van der Waals surface area contributed by atoms with Crippen LogP contribution in [0.4, 0.5) is 4.39 Å². The largest absolute Gasteiger partial charge is 0.313 e. The number of halogens is 2. The number of hydrogen-bond donors (Lipinski definition) is 1. The van der Waals surface area contributed by atoms with Crippen LogP contribution in [-0.4, -0.2) is 6.54 Å². The molecule has 0 atom stereocenters. The molecule has 0 bridgehead atoms. The Morgan fingerprint density at radius 1 is 1.16 bits per heavy atom. The monoisotopic (exact) mass is 295 g/mol. The van der Waals surface area contributed by atoms with E-state index in [1.807, 2.05) is 12.1 Å². The highest BCUT2D eigenvalue weighted by Crippen LogP contribution is 2.33. The van der Waals surface area contributed by atoms with E-state index in [0.29, 0.717) is 0 Å². The highest BCUT2D eigenvalue weighted by molar-refractivity contribution is 7.99. The Hall–Kier alpha value is -1.03. The lowest BCUT2D eigenvalue weighted by Crippen LogP contribution is -2.11. The first-order chi connectivity index (χ1) is 9.19. The average Bonchev–Trinajstić information content (AvgIpc) is 2.41. The molecule has 1 nitrogen and oxygen atoms in total. The van der Waals surface area contributed by atoms with Crippen LogP contribution in [0.25, 0.3) is 0 Å². The third-order valence-electron chi connectivity index (χ3n) is 2.62. The molecule has 0 aliphatic rings. The fourth-order valence-electron chi connectivity index (χ4n) is 1.64. The molecule has 19 heavy (non-hydrogen) atoms. The van der Waals surface area contributed by atoms with Gasteiger partial charge in [0.15, 0.2) is 0 Å². The molecule has 0 saturated heterocycles. The second-order valence-electron chi connectivity index (χ2n) is 4.10. The van der Waals surface area contributed by atoms with Crippen LogP contribution in [0.5, 0.6) is 0 Å². The Morgan fingerprint density at radius 3 is 2.53 bits per heavy atom. The van der Waals surface area contributed by atoms with Crippen molar-refractivity contribution in [2.45, 2.75) is 23.3 Å². The summed E-state index contributed by atoms with van der Waals surface area (Å²) in [6.45, 7) is 3.82. The zero-order valence-corrected chi connectivity index (χ0v) is 12.2. The molecule has 0 aliphatic carbocycles. The van der Waals surface area contributed by atoms with Crippen LogP contribution in [0.1, 0.15) is 12.5 Å². The van der Waals surface area contributed by atoms with Crippen molar-refractivity contribution in [2.75, 3.05) is 6.54 Å². The zero-order chi connectivity index (χ0) is 13.7. The minimum Gasteiger partial charge on any atom is -0.313 e. The van der Waals surface area contributed by atoms with Crippen molar-refractivity contribution in [3.05, 3.63) is 58.9 Å². The molecule has 0 amide bonds. The zero-order valence-electron chi connectivity index (χ0n) is 10.6. The van der Waals surface area contributed by atoms with Crippen molar-refractivity contribution in [3.8, 4) is 0 Å². The first-order valence-electron chi connectivity index (χ1n) is 6.11. The first-order valence-corrected chi connectivity index (χ1v) is 7.31. The molecule has 0 aromatic heterocycles. The van der Waals surface area contributed by atoms with Gasteiger partial charge < -0.3 is 5.32 Å². The van der Waals surface area contributed by atoms with Gasteiger partial charge in [0.2, 0.25) is 0 Å². The fraction of sp³-hybridized carbons (Fsp3) is 0.200. The van der Waals surface area contributed by atoms with Gasteiger partial charge in [-0.3, -0.25) is 0 Å². The van der Waals surface area contributed by atoms with Gasteiger partial charge >= 0.3 is 0 Å². The molecular formula is C15H15ClFNS. The predicted octanol–water partition coefficient (Wildman–Crippen LogP) is 4.74. The second-order valence-corrected chi connectivity index (χ2v) is 5.62. The summed E-state index contributed by atoms with van der Waals surface area (Å²) >= 11 is 7.80. The maximum atomic E-state index is 12.8. The summed E-state index contributed by atoms with van der Waals surface area (Å²) in [7, 11) is 0. The van der Waals surface area contributed by atoms with Crippen LogP contribution in [0, 0.1) is 5.82 Å². The molecule has 0 spiro atoms. The van der Waals surface area contributed by atoms with Gasteiger partial charge in [0, 0.05) is 16.3 Å². The van der Waals surface area contributed by atoms with Crippen molar-refractivity contribution < 1.29 is 4.39 Å². The Labute approximate surface area is 122 Å². The lowest BCUT2D eigenvalue weighted by atomic mass is 10.2. The summed E-state index contributed by atoms with van der Waals surface area (Å²) < 4.78 is 12.8. The average molecular weight is 296 g/mol. The summed E-state index contributed by atoms with van der Waals surface area (Å²) in [4.78, 5) is 1.95. The van der Waals surface area contributed by atoms with Gasteiger partial charge in [0.1, 0.15) is 5.82 Å². The van der Waals surface area contributed by atoms with Gasteiger partial charge in [-0.15, -0.1) is 0 Å². The molecule has 1 N–H and O–H groups in total. The Kier molecular flexibility index (Phi) is 5.25. The Balaban J connectivity index is 2.10. The number of rotatable bonds is 5. The molecule has 0 fully saturated rings. The van der Waals surface area contributed by atoms with Crippen molar-refractivity contribution in [3.63, 3.8) is 0 Å². The number of hydrogen-bond acceptors (Lipinski definition) is 2. The molecule has 0 heterocycles. The molecule has 2 aromatic rings. The molecule has 2 aromatic carbocycles. The lowest BCUT2D eigenvalue weighted by Gasteiger charge is -2.07. The van der Waals surface area contributed by atoms with Crippen LogP contribution < -0.4 is 5.32 Å². The first kappa shape index (κ1) is 14.4. The minimum absolute atomic E-state index is 0.226. The summed E-state index contributed by atoms with van der Waals surface area (Å²) in [6.07, 6.45) is 0. The van der Waals surface area contributed by atoms with Crippen molar-refractivity contribution in [1.29, 1.82) is 0 Å². The van der Waals surface area contributed by atoms with E-state index in [9.17, 15) is 4.39 Å². The molecule has 0 aliphatic heterocycles. The maximum absolute atomic E-state index is 12.8. The topological polar surface area (TPSA) is 12.0 Å². The third-order valence-corrected chi connectivity index (χ3v) is 4.13. The van der Waals surface area contributed by atoms with Gasteiger partial charge in [0.25, 0.3) is 0 Å². The van der Waals surface area contributed by atoms with Crippen LogP contribution in [0.15, 0.2) is 52.3 Å². The van der Waals surface area contributed by atoms with E-state index in [1.165, 1.54) is 23.9 Å². The SMILES string of the molecule is CCNCc1ccc(Sc2ccc(F)cc2)c(Cl)c1. The van der Waals surface area contributed by atoms with Gasteiger partial charge in [-0.1, -0.05) is 36.4 Å². The summed E-state index contributed by atoms with van der Waals surface area (Å²) in [5, 5.41) is 3.99. The lowest BCUT2D eigenvalue weighted by molar-refractivity contribution is 0.626. The van der Waals surface area contributed by atoms with Crippen molar-refractivity contribution in [2.24, 2.45) is 0 Å². The smallest absolute Gasteiger partial charge is 0.123 e. The second kappa shape index (κ2) is 6.94. The Bertz CT molecular complexity index is 542. The van der Waals surface area contributed by atoms with E-state index in [4.69, 9.17) is 11.6 Å². The normalized spacial score (nSPS) is 10.7. The third kappa shape index (κ3) is 4.23. The highest BCUT2D eigenvalue weighted by atomic mass is 35.5. The molecule has 100 valence electrons. The van der Waals surface area contributed by atoms with Crippen LogP contribution in [0.3, 0.4) is 0 Å². The van der Waals surface area contributed by atoms with Crippen molar-refractivity contribution in [1.82, 2.24) is 5.32 Å². The van der Waals surface area contributed by atoms with Gasteiger partial charge in [-0.25, -0.2) is 4.39 Å². The highest BCUT2D eigenvalue weighted by Gasteiger charge is 2.04. The van der Waals surface area contributed by atoms with E-state index < -0.39 is 0 Å². The Morgan fingerprint density at radius 2 is 1.89 bits per heavy atom. The minimum atomic E-state index is -0.226. The molecule has 0 radical (unpaired) electrons. The van der Waals surface area contributed by atoms with Crippen LogP contribution >= 0.6 is 23.4 Å². The molecular weight excluding hydrogens is 281 g/mol. The van der Waals surface area contributed by atoms with E-state index in [2.05, 4.69) is 18.3 Å². The van der Waals surface area contributed by atoms with E-state index >= 15 is 0 Å². The number of benzene rings is 2. The van der Waals surface area contributed by atoms with Crippen LogP contribution in [0.2, 0.25) is 5.02 Å². The van der Waals surface area contributed by atoms with Crippen molar-refractivity contribution >= 4 is 23.4 Å². The number of nitrogens with one attached hydrogen (secondary N) is 1. The van der Waals surface area contributed by atoms with E-state index in [1.54, 1.807) is 12.1 Å². The van der Waals surface area contributed by atoms with E-state index in [-0.39, 0.29) is 5.82 Å². The summed E-state index contributed by atoms with van der Waals surface area (Å²) in [5.41, 5.74) is 1.16. The molecule has 4 heteroatoms. The quantitative estimate of drug-likeness (QED) is 0.855. The van der Waals surface area contributed by atoms with E-state index in [0.717, 1.165) is 33.5 Å². The summed E-state index contributed by atoms with van der Waals surface area (Å²) in [5.74, 6) is -0.226. The standard InChI is InChI=1S/C15H15ClFNS/c1-2-18-10-11-3-8-15(14(16)9-11)19-13-6-4-12(17)5-7-13/h3-9,18H,2,10H2,1H3. The van der Waals surface area contributed by atoms with Gasteiger partial charge in [-0.05, 0) is 48.5 Å². The molecule has 0 saturated carbocycles. The maximum Gasteiger partial charge on any atom is 0.123 e. The fourth-order valence-corrected chi connectivity index (χ4v) is 2.77. The van der Waals surface area contributed by atoms with Crippen LogP contribution in [-0.2, 0) is 6.54 Å². The van der Waals surface area contributed by atoms with Gasteiger partial charge in [0.05, 0.1) is 5.02 Å². The van der Waals surface area contributed by atoms with Gasteiger partial charge in [-0.2, -0.15) is 0 Å². The molecule has 0 unspecified atom stereocenters. The molecule has 2 rings (SSSR count).